The molecule has 0 bridgehead atoms. The molecule has 140 valence electrons. The Bertz CT molecular complexity index is 929. The van der Waals surface area contributed by atoms with Crippen molar-refractivity contribution in [2.24, 2.45) is 5.92 Å². The molecule has 27 heavy (non-hydrogen) atoms. The van der Waals surface area contributed by atoms with Gasteiger partial charge in [-0.3, -0.25) is 4.79 Å². The number of rotatable bonds is 4. The van der Waals surface area contributed by atoms with Crippen molar-refractivity contribution in [3.63, 3.8) is 0 Å². The van der Waals surface area contributed by atoms with Crippen LogP contribution in [-0.4, -0.2) is 35.9 Å². The van der Waals surface area contributed by atoms with E-state index in [-0.39, 0.29) is 11.9 Å². The van der Waals surface area contributed by atoms with Gasteiger partial charge in [-0.25, -0.2) is 0 Å². The van der Waals surface area contributed by atoms with Gasteiger partial charge in [0.25, 0.3) is 5.91 Å². The first-order valence-corrected chi connectivity index (χ1v) is 9.80. The van der Waals surface area contributed by atoms with Crippen molar-refractivity contribution in [3.05, 3.63) is 70.9 Å². The van der Waals surface area contributed by atoms with Crippen LogP contribution < -0.4 is 5.32 Å². The molecule has 2 aromatic carbocycles. The summed E-state index contributed by atoms with van der Waals surface area (Å²) in [5.74, 6) is 0.362. The Morgan fingerprint density at radius 2 is 1.89 bits per heavy atom. The number of benzene rings is 2. The van der Waals surface area contributed by atoms with E-state index in [9.17, 15) is 4.79 Å². The molecule has 1 saturated heterocycles. The highest BCUT2D eigenvalue weighted by Gasteiger charge is 2.28. The third kappa shape index (κ3) is 4.02. The number of halogens is 1. The third-order valence-electron chi connectivity index (χ3n) is 5.51. The summed E-state index contributed by atoms with van der Waals surface area (Å²) in [5.41, 5.74) is 2.65. The van der Waals surface area contributed by atoms with E-state index in [2.05, 4.69) is 34.4 Å². The van der Waals surface area contributed by atoms with Gasteiger partial charge in [0.05, 0.1) is 6.04 Å². The topological polar surface area (TPSA) is 48.1 Å². The second-order valence-corrected chi connectivity index (χ2v) is 7.85. The number of likely N-dealkylation sites (tertiary alicyclic amines) is 1. The minimum atomic E-state index is -0.0740. The van der Waals surface area contributed by atoms with Gasteiger partial charge in [-0.2, -0.15) is 0 Å². The highest BCUT2D eigenvalue weighted by atomic mass is 35.5. The number of H-pyrrole nitrogens is 1. The first-order valence-electron chi connectivity index (χ1n) is 9.43. The zero-order valence-electron chi connectivity index (χ0n) is 15.4. The molecule has 1 amide bonds. The van der Waals surface area contributed by atoms with Gasteiger partial charge in [-0.15, -0.1) is 0 Å². The monoisotopic (exact) mass is 381 g/mol. The minimum Gasteiger partial charge on any atom is -0.351 e. The van der Waals surface area contributed by atoms with Gasteiger partial charge in [0.15, 0.2) is 0 Å². The van der Waals surface area contributed by atoms with E-state index >= 15 is 0 Å². The van der Waals surface area contributed by atoms with E-state index in [1.165, 1.54) is 5.56 Å². The van der Waals surface area contributed by atoms with Crippen LogP contribution in [0, 0.1) is 5.92 Å². The van der Waals surface area contributed by atoms with Gasteiger partial charge in [0.1, 0.15) is 5.69 Å². The van der Waals surface area contributed by atoms with Crippen LogP contribution in [0.15, 0.2) is 54.6 Å². The van der Waals surface area contributed by atoms with Gasteiger partial charge in [0.2, 0.25) is 0 Å². The minimum absolute atomic E-state index is 0.0161. The van der Waals surface area contributed by atoms with E-state index in [1.807, 2.05) is 42.5 Å². The summed E-state index contributed by atoms with van der Waals surface area (Å²) in [5, 5.41) is 4.90. The molecular formula is C22H24ClN3O. The lowest BCUT2D eigenvalue weighted by molar-refractivity contribution is 0.0896. The molecule has 1 aliphatic heterocycles. The maximum absolute atomic E-state index is 13.0. The van der Waals surface area contributed by atoms with E-state index in [4.69, 9.17) is 11.6 Å². The summed E-state index contributed by atoms with van der Waals surface area (Å²) >= 11 is 6.07. The maximum atomic E-state index is 13.0. The van der Waals surface area contributed by atoms with E-state index in [1.54, 1.807) is 0 Å². The van der Waals surface area contributed by atoms with Crippen LogP contribution in [0.5, 0.6) is 0 Å². The Kier molecular flexibility index (Phi) is 5.19. The average Bonchev–Trinajstić information content (AvgIpc) is 3.11. The van der Waals surface area contributed by atoms with Gasteiger partial charge in [-0.1, -0.05) is 41.9 Å². The standard InChI is InChI=1S/C22H24ClN3O/c1-26-11-9-16(10-12-26)21(15-5-3-2-4-6-15)25-22(27)20-14-17-13-18(23)7-8-19(17)24-20/h2-8,13-14,16,21,24H,9-12H2,1H3,(H,25,27). The number of hydrogen-bond acceptors (Lipinski definition) is 2. The fraction of sp³-hybridized carbons (Fsp3) is 0.318. The number of nitrogens with one attached hydrogen (secondary N) is 2. The molecule has 1 fully saturated rings. The molecule has 0 spiro atoms. The SMILES string of the molecule is CN1CCC(C(NC(=O)c2cc3cc(Cl)ccc3[nH]2)c2ccccc2)CC1. The van der Waals surface area contributed by atoms with Crippen LogP contribution in [0.4, 0.5) is 0 Å². The number of fused-ring (bicyclic) bond motifs is 1. The number of carbonyl (C=O) groups excluding carboxylic acids is 1. The summed E-state index contributed by atoms with van der Waals surface area (Å²) in [6, 6.07) is 17.8. The molecule has 0 saturated carbocycles. The Hall–Kier alpha value is -2.30. The predicted molar refractivity (Wildman–Crippen MR) is 110 cm³/mol. The van der Waals surface area contributed by atoms with E-state index < -0.39 is 0 Å². The number of piperidine rings is 1. The number of nitrogens with zero attached hydrogens (tertiary/aromatic N) is 1. The van der Waals surface area contributed by atoms with Crippen LogP contribution in [0.1, 0.15) is 34.9 Å². The molecule has 1 atom stereocenters. The summed E-state index contributed by atoms with van der Waals surface area (Å²) in [6.07, 6.45) is 2.16. The van der Waals surface area contributed by atoms with Crippen molar-refractivity contribution in [3.8, 4) is 0 Å². The maximum Gasteiger partial charge on any atom is 0.268 e. The predicted octanol–water partition coefficient (Wildman–Crippen LogP) is 4.63. The average molecular weight is 382 g/mol. The van der Waals surface area contributed by atoms with Crippen LogP contribution in [0.2, 0.25) is 5.02 Å². The molecule has 0 aliphatic carbocycles. The molecule has 0 radical (unpaired) electrons. The van der Waals surface area contributed by atoms with Crippen LogP contribution in [0.25, 0.3) is 10.9 Å². The number of amides is 1. The van der Waals surface area contributed by atoms with Crippen molar-refractivity contribution < 1.29 is 4.79 Å². The largest absolute Gasteiger partial charge is 0.351 e. The lowest BCUT2D eigenvalue weighted by Crippen LogP contribution is -2.39. The lowest BCUT2D eigenvalue weighted by Gasteiger charge is -2.35. The van der Waals surface area contributed by atoms with Crippen LogP contribution in [-0.2, 0) is 0 Å². The number of hydrogen-bond donors (Lipinski definition) is 2. The Morgan fingerprint density at radius 3 is 2.63 bits per heavy atom. The van der Waals surface area contributed by atoms with Crippen LogP contribution >= 0.6 is 11.6 Å². The highest BCUT2D eigenvalue weighted by Crippen LogP contribution is 2.31. The molecule has 2 N–H and O–H groups in total. The van der Waals surface area contributed by atoms with Crippen molar-refractivity contribution in [1.82, 2.24) is 15.2 Å². The van der Waals surface area contributed by atoms with Gasteiger partial charge in [0, 0.05) is 15.9 Å². The van der Waals surface area contributed by atoms with Crippen molar-refractivity contribution in [1.29, 1.82) is 0 Å². The quantitative estimate of drug-likeness (QED) is 0.692. The van der Waals surface area contributed by atoms with Crippen LogP contribution in [0.3, 0.4) is 0 Å². The molecule has 1 unspecified atom stereocenters. The number of carbonyl (C=O) groups is 1. The first-order chi connectivity index (χ1) is 13.1. The second-order valence-electron chi connectivity index (χ2n) is 7.42. The van der Waals surface area contributed by atoms with Gasteiger partial charge < -0.3 is 15.2 Å². The van der Waals surface area contributed by atoms with Gasteiger partial charge >= 0.3 is 0 Å². The molecular weight excluding hydrogens is 358 g/mol. The lowest BCUT2D eigenvalue weighted by atomic mass is 9.85. The fourth-order valence-corrected chi connectivity index (χ4v) is 4.12. The molecule has 4 nitrogen and oxygen atoms in total. The molecule has 1 aliphatic rings. The molecule has 1 aromatic heterocycles. The summed E-state index contributed by atoms with van der Waals surface area (Å²) in [7, 11) is 2.15. The molecule has 5 heteroatoms. The molecule has 4 rings (SSSR count). The zero-order valence-corrected chi connectivity index (χ0v) is 16.2. The van der Waals surface area contributed by atoms with Gasteiger partial charge in [-0.05, 0) is 68.7 Å². The normalized spacial score (nSPS) is 17.1. The Labute approximate surface area is 164 Å². The third-order valence-corrected chi connectivity index (χ3v) is 5.74. The Balaban J connectivity index is 1.59. The highest BCUT2D eigenvalue weighted by molar-refractivity contribution is 6.31. The molecule has 3 aromatic rings. The zero-order chi connectivity index (χ0) is 18.8. The number of aromatic amines is 1. The number of aromatic nitrogens is 1. The van der Waals surface area contributed by atoms with E-state index in [0.717, 1.165) is 36.8 Å². The summed E-state index contributed by atoms with van der Waals surface area (Å²) in [6.45, 7) is 2.13. The van der Waals surface area contributed by atoms with Crippen molar-refractivity contribution >= 4 is 28.4 Å². The fourth-order valence-electron chi connectivity index (χ4n) is 3.94. The second kappa shape index (κ2) is 7.75. The van der Waals surface area contributed by atoms with Crippen molar-refractivity contribution in [2.45, 2.75) is 18.9 Å². The summed E-state index contributed by atoms with van der Waals surface area (Å²) < 4.78 is 0. The van der Waals surface area contributed by atoms with E-state index in [0.29, 0.717) is 16.6 Å². The smallest absolute Gasteiger partial charge is 0.268 e. The summed E-state index contributed by atoms with van der Waals surface area (Å²) in [4.78, 5) is 18.6. The Morgan fingerprint density at radius 1 is 1.15 bits per heavy atom. The molecule has 2 heterocycles. The van der Waals surface area contributed by atoms with Crippen molar-refractivity contribution in [2.75, 3.05) is 20.1 Å². The first kappa shape index (κ1) is 18.1.